The molecule has 0 saturated carbocycles. The molecule has 3 rings (SSSR count). The molecular weight excluding hydrogens is 290 g/mol. The normalized spacial score (nSPS) is 25.8. The Bertz CT molecular complexity index is 538. The second-order valence-electron chi connectivity index (χ2n) is 5.91. The summed E-state index contributed by atoms with van der Waals surface area (Å²) in [6.45, 7) is 3.07. The zero-order chi connectivity index (χ0) is 14.8. The van der Waals surface area contributed by atoms with Crippen molar-refractivity contribution in [1.82, 2.24) is 10.2 Å². The molecule has 2 atom stereocenters. The molecule has 0 amide bonds. The van der Waals surface area contributed by atoms with Gasteiger partial charge in [0.1, 0.15) is 0 Å². The van der Waals surface area contributed by atoms with Crippen molar-refractivity contribution in [3.8, 4) is 0 Å². The summed E-state index contributed by atoms with van der Waals surface area (Å²) in [5.41, 5.74) is 0.972. The van der Waals surface area contributed by atoms with Crippen LogP contribution in [-0.4, -0.2) is 35.0 Å². The van der Waals surface area contributed by atoms with Crippen LogP contribution in [0.3, 0.4) is 0 Å². The first-order valence-electron chi connectivity index (χ1n) is 7.55. The van der Waals surface area contributed by atoms with Crippen LogP contribution in [0.5, 0.6) is 0 Å². The van der Waals surface area contributed by atoms with Gasteiger partial charge >= 0.3 is 0 Å². The lowest BCUT2D eigenvalue weighted by Crippen LogP contribution is -2.44. The minimum atomic E-state index is -0.417. The fourth-order valence-corrected chi connectivity index (χ4v) is 3.76. The average molecular weight is 310 g/mol. The minimum absolute atomic E-state index is 0.0445. The van der Waals surface area contributed by atoms with Crippen molar-refractivity contribution in [2.45, 2.75) is 44.3 Å². The van der Waals surface area contributed by atoms with E-state index in [4.69, 9.17) is 11.6 Å². The summed E-state index contributed by atoms with van der Waals surface area (Å²) in [5, 5.41) is 14.8. The first-order valence-corrected chi connectivity index (χ1v) is 7.93. The number of halogens is 1. The molecule has 2 heterocycles. The summed E-state index contributed by atoms with van der Waals surface area (Å²) in [4.78, 5) is 12.9. The van der Waals surface area contributed by atoms with Crippen molar-refractivity contribution >= 4 is 17.3 Å². The van der Waals surface area contributed by atoms with Crippen LogP contribution >= 0.6 is 11.6 Å². The molecule has 114 valence electrons. The van der Waals surface area contributed by atoms with E-state index in [1.54, 1.807) is 6.07 Å². The Hall–Kier alpha value is -1.17. The Morgan fingerprint density at radius 3 is 2.95 bits per heavy atom. The summed E-state index contributed by atoms with van der Waals surface area (Å²) >= 11 is 6.14. The van der Waals surface area contributed by atoms with Gasteiger partial charge in [0.25, 0.3) is 5.69 Å². The maximum absolute atomic E-state index is 10.7. The van der Waals surface area contributed by atoms with Gasteiger partial charge in [0.05, 0.1) is 9.95 Å². The lowest BCUT2D eigenvalue weighted by Gasteiger charge is -2.32. The summed E-state index contributed by atoms with van der Waals surface area (Å²) in [6, 6.07) is 5.86. The minimum Gasteiger partial charge on any atom is -0.308 e. The zero-order valence-corrected chi connectivity index (χ0v) is 12.7. The van der Waals surface area contributed by atoms with E-state index in [-0.39, 0.29) is 5.69 Å². The molecule has 21 heavy (non-hydrogen) atoms. The fraction of sp³-hybridized carbons (Fsp3) is 0.600. The molecule has 1 aromatic rings. The first-order chi connectivity index (χ1) is 10.1. The van der Waals surface area contributed by atoms with Crippen molar-refractivity contribution in [2.75, 3.05) is 13.1 Å². The van der Waals surface area contributed by atoms with Gasteiger partial charge in [-0.25, -0.2) is 0 Å². The smallest absolute Gasteiger partial charge is 0.270 e. The van der Waals surface area contributed by atoms with Gasteiger partial charge in [0.2, 0.25) is 0 Å². The van der Waals surface area contributed by atoms with Crippen LogP contribution in [0.25, 0.3) is 0 Å². The van der Waals surface area contributed by atoms with Gasteiger partial charge in [-0.3, -0.25) is 15.0 Å². The predicted molar refractivity (Wildman–Crippen MR) is 82.6 cm³/mol. The number of nitrogens with zero attached hydrogens (tertiary/aromatic N) is 2. The number of hydrogen-bond donors (Lipinski definition) is 1. The first kappa shape index (κ1) is 14.8. The van der Waals surface area contributed by atoms with Gasteiger partial charge in [-0.1, -0.05) is 18.0 Å². The maximum Gasteiger partial charge on any atom is 0.270 e. The van der Waals surface area contributed by atoms with Gasteiger partial charge in [-0.05, 0) is 37.4 Å². The van der Waals surface area contributed by atoms with E-state index < -0.39 is 4.92 Å². The van der Waals surface area contributed by atoms with Crippen LogP contribution < -0.4 is 5.32 Å². The highest BCUT2D eigenvalue weighted by Gasteiger charge is 2.34. The summed E-state index contributed by atoms with van der Waals surface area (Å²) < 4.78 is 0. The van der Waals surface area contributed by atoms with Crippen LogP contribution in [0.2, 0.25) is 5.02 Å². The number of nitro groups is 1. The highest BCUT2D eigenvalue weighted by atomic mass is 35.5. The lowest BCUT2D eigenvalue weighted by molar-refractivity contribution is -0.384. The topological polar surface area (TPSA) is 58.4 Å². The van der Waals surface area contributed by atoms with Gasteiger partial charge < -0.3 is 5.32 Å². The molecule has 2 fully saturated rings. The summed E-state index contributed by atoms with van der Waals surface area (Å²) in [6.07, 6.45) is 5.08. The molecule has 5 nitrogen and oxygen atoms in total. The summed E-state index contributed by atoms with van der Waals surface area (Å²) in [5.74, 6) is 0. The fourth-order valence-electron chi connectivity index (χ4n) is 3.52. The van der Waals surface area contributed by atoms with Crippen molar-refractivity contribution < 1.29 is 4.92 Å². The number of nitro benzene ring substituents is 1. The van der Waals surface area contributed by atoms with E-state index >= 15 is 0 Å². The molecule has 1 aromatic carbocycles. The molecule has 2 aliphatic rings. The van der Waals surface area contributed by atoms with Gasteiger partial charge in [0, 0.05) is 37.3 Å². The third kappa shape index (κ3) is 3.20. The molecule has 0 radical (unpaired) electrons. The van der Waals surface area contributed by atoms with Gasteiger partial charge in [0.15, 0.2) is 0 Å². The van der Waals surface area contributed by atoms with Crippen molar-refractivity contribution in [3.05, 3.63) is 38.9 Å². The molecule has 2 aliphatic heterocycles. The number of nitrogens with one attached hydrogen (secondary N) is 1. The third-order valence-corrected chi connectivity index (χ3v) is 5.01. The van der Waals surface area contributed by atoms with E-state index in [0.29, 0.717) is 23.7 Å². The van der Waals surface area contributed by atoms with Crippen LogP contribution in [0, 0.1) is 10.1 Å². The largest absolute Gasteiger partial charge is 0.308 e. The Kier molecular flexibility index (Phi) is 4.42. The zero-order valence-electron chi connectivity index (χ0n) is 11.9. The number of fused-ring (bicyclic) bond motifs is 1. The number of piperidine rings is 1. The predicted octanol–water partition coefficient (Wildman–Crippen LogP) is 2.96. The average Bonchev–Trinajstić information content (AvgIpc) is 2.89. The molecule has 2 saturated heterocycles. The molecular formula is C15H20ClN3O2. The van der Waals surface area contributed by atoms with Crippen LogP contribution in [0.15, 0.2) is 18.2 Å². The molecule has 6 heteroatoms. The van der Waals surface area contributed by atoms with E-state index in [2.05, 4.69) is 10.2 Å². The highest BCUT2D eigenvalue weighted by Crippen LogP contribution is 2.28. The SMILES string of the molecule is O=[N+]([O-])c1ccc(CNC2CCN3CCCCC23)c(Cl)c1. The second kappa shape index (κ2) is 6.30. The Labute approximate surface area is 129 Å². The van der Waals surface area contributed by atoms with Crippen molar-refractivity contribution in [3.63, 3.8) is 0 Å². The standard InChI is InChI=1S/C15H20ClN3O2/c16-13-9-12(19(20)21)5-4-11(13)10-17-14-6-8-18-7-2-1-3-15(14)18/h4-5,9,14-15,17H,1-3,6-8,10H2. The third-order valence-electron chi connectivity index (χ3n) is 4.66. The van der Waals surface area contributed by atoms with E-state index in [0.717, 1.165) is 5.56 Å². The molecule has 0 aliphatic carbocycles. The Balaban J connectivity index is 1.61. The molecule has 1 N–H and O–H groups in total. The van der Waals surface area contributed by atoms with Crippen LogP contribution in [0.4, 0.5) is 5.69 Å². The number of non-ortho nitro benzene ring substituents is 1. The van der Waals surface area contributed by atoms with E-state index in [9.17, 15) is 10.1 Å². The van der Waals surface area contributed by atoms with Crippen LogP contribution in [-0.2, 0) is 6.54 Å². The van der Waals surface area contributed by atoms with Gasteiger partial charge in [-0.15, -0.1) is 0 Å². The van der Waals surface area contributed by atoms with E-state index in [1.807, 2.05) is 0 Å². The number of benzene rings is 1. The highest BCUT2D eigenvalue weighted by molar-refractivity contribution is 6.31. The number of rotatable bonds is 4. The lowest BCUT2D eigenvalue weighted by atomic mass is 9.99. The molecule has 2 unspecified atom stereocenters. The molecule has 0 spiro atoms. The van der Waals surface area contributed by atoms with E-state index in [1.165, 1.54) is 50.9 Å². The second-order valence-corrected chi connectivity index (χ2v) is 6.32. The quantitative estimate of drug-likeness (QED) is 0.686. The van der Waals surface area contributed by atoms with Gasteiger partial charge in [-0.2, -0.15) is 0 Å². The summed E-state index contributed by atoms with van der Waals surface area (Å²) in [7, 11) is 0. The monoisotopic (exact) mass is 309 g/mol. The Morgan fingerprint density at radius 2 is 2.19 bits per heavy atom. The maximum atomic E-state index is 10.7. The number of hydrogen-bond acceptors (Lipinski definition) is 4. The molecule has 0 bridgehead atoms. The van der Waals surface area contributed by atoms with Crippen LogP contribution in [0.1, 0.15) is 31.2 Å². The molecule has 0 aromatic heterocycles. The van der Waals surface area contributed by atoms with Crippen molar-refractivity contribution in [1.29, 1.82) is 0 Å². The van der Waals surface area contributed by atoms with Crippen molar-refractivity contribution in [2.24, 2.45) is 0 Å². The Morgan fingerprint density at radius 1 is 1.33 bits per heavy atom.